The molecule has 106 valence electrons. The van der Waals surface area contributed by atoms with Crippen molar-refractivity contribution in [2.24, 2.45) is 0 Å². The smallest absolute Gasteiger partial charge is 0.128 e. The van der Waals surface area contributed by atoms with E-state index in [0.717, 1.165) is 54.2 Å². The second kappa shape index (κ2) is 5.18. The van der Waals surface area contributed by atoms with Crippen molar-refractivity contribution < 1.29 is 0 Å². The van der Waals surface area contributed by atoms with Crippen LogP contribution in [0.15, 0.2) is 42.9 Å². The lowest BCUT2D eigenvalue weighted by Gasteiger charge is -2.28. The summed E-state index contributed by atoms with van der Waals surface area (Å²) in [7, 11) is 0. The first-order valence-corrected chi connectivity index (χ1v) is 7.25. The molecule has 0 spiro atoms. The number of anilines is 1. The third-order valence-corrected chi connectivity index (χ3v) is 3.94. The number of aromatic amines is 1. The molecular formula is C16H17N5. The molecule has 1 aliphatic rings. The molecule has 0 bridgehead atoms. The number of imidazole rings is 1. The van der Waals surface area contributed by atoms with Gasteiger partial charge < -0.3 is 15.2 Å². The quantitative estimate of drug-likeness (QED) is 0.753. The zero-order valence-electron chi connectivity index (χ0n) is 11.7. The van der Waals surface area contributed by atoms with E-state index in [0.29, 0.717) is 0 Å². The van der Waals surface area contributed by atoms with Gasteiger partial charge >= 0.3 is 0 Å². The van der Waals surface area contributed by atoms with Crippen molar-refractivity contribution in [3.8, 4) is 11.1 Å². The first-order valence-electron chi connectivity index (χ1n) is 7.25. The molecule has 1 aromatic carbocycles. The Hall–Kier alpha value is -2.40. The number of nitrogens with one attached hydrogen (secondary N) is 2. The number of fused-ring (bicyclic) bond motifs is 1. The molecule has 2 N–H and O–H groups in total. The standard InChI is InChI=1S/C16H17N5/c1-3-14-15(20-11-19-14)9-12(1)13-2-4-16(18-10-13)21-7-5-17-6-8-21/h1-4,9-11,17H,5-8H2,(H,19,20). The molecule has 0 atom stereocenters. The molecule has 1 saturated heterocycles. The maximum atomic E-state index is 4.62. The van der Waals surface area contributed by atoms with Crippen LogP contribution in [0.1, 0.15) is 0 Å². The van der Waals surface area contributed by atoms with Gasteiger partial charge in [0.25, 0.3) is 0 Å². The summed E-state index contributed by atoms with van der Waals surface area (Å²) in [5.41, 5.74) is 4.33. The molecule has 1 aliphatic heterocycles. The molecular weight excluding hydrogens is 262 g/mol. The average molecular weight is 279 g/mol. The topological polar surface area (TPSA) is 56.8 Å². The molecule has 21 heavy (non-hydrogen) atoms. The Kier molecular flexibility index (Phi) is 3.05. The Labute approximate surface area is 123 Å². The third-order valence-electron chi connectivity index (χ3n) is 3.94. The lowest BCUT2D eigenvalue weighted by Crippen LogP contribution is -2.43. The molecule has 3 aromatic rings. The zero-order chi connectivity index (χ0) is 14.1. The molecule has 3 heterocycles. The van der Waals surface area contributed by atoms with E-state index in [1.54, 1.807) is 6.33 Å². The van der Waals surface area contributed by atoms with E-state index in [9.17, 15) is 0 Å². The SMILES string of the molecule is c1nc2ccc(-c3ccc(N4CCNCC4)nc3)cc2[nH]1. The highest BCUT2D eigenvalue weighted by atomic mass is 15.2. The van der Waals surface area contributed by atoms with Crippen LogP contribution in [0.2, 0.25) is 0 Å². The number of benzene rings is 1. The molecule has 0 saturated carbocycles. The number of rotatable bonds is 2. The van der Waals surface area contributed by atoms with Gasteiger partial charge in [0.2, 0.25) is 0 Å². The van der Waals surface area contributed by atoms with Crippen molar-refractivity contribution in [1.29, 1.82) is 0 Å². The Morgan fingerprint density at radius 2 is 1.81 bits per heavy atom. The maximum absolute atomic E-state index is 4.62. The highest BCUT2D eigenvalue weighted by molar-refractivity contribution is 5.81. The maximum Gasteiger partial charge on any atom is 0.128 e. The van der Waals surface area contributed by atoms with Gasteiger partial charge in [-0.1, -0.05) is 6.07 Å². The fraction of sp³-hybridized carbons (Fsp3) is 0.250. The minimum atomic E-state index is 0.990. The summed E-state index contributed by atoms with van der Waals surface area (Å²) >= 11 is 0. The number of hydrogen-bond donors (Lipinski definition) is 2. The molecule has 2 aromatic heterocycles. The summed E-state index contributed by atoms with van der Waals surface area (Å²) in [6.45, 7) is 4.10. The second-order valence-corrected chi connectivity index (χ2v) is 5.28. The molecule has 5 heteroatoms. The number of pyridine rings is 1. The molecule has 1 fully saturated rings. The van der Waals surface area contributed by atoms with Gasteiger partial charge in [-0.2, -0.15) is 0 Å². The van der Waals surface area contributed by atoms with Crippen LogP contribution in [0.5, 0.6) is 0 Å². The number of H-pyrrole nitrogens is 1. The van der Waals surface area contributed by atoms with E-state index < -0.39 is 0 Å². The Morgan fingerprint density at radius 1 is 0.952 bits per heavy atom. The first kappa shape index (κ1) is 12.3. The largest absolute Gasteiger partial charge is 0.354 e. The number of hydrogen-bond acceptors (Lipinski definition) is 4. The molecule has 5 nitrogen and oxygen atoms in total. The fourth-order valence-electron chi connectivity index (χ4n) is 2.75. The van der Waals surface area contributed by atoms with Crippen LogP contribution in [0.25, 0.3) is 22.2 Å². The van der Waals surface area contributed by atoms with Crippen molar-refractivity contribution in [3.05, 3.63) is 42.9 Å². The van der Waals surface area contributed by atoms with E-state index in [-0.39, 0.29) is 0 Å². The van der Waals surface area contributed by atoms with Crippen LogP contribution in [0.3, 0.4) is 0 Å². The van der Waals surface area contributed by atoms with Crippen molar-refractivity contribution in [3.63, 3.8) is 0 Å². The zero-order valence-corrected chi connectivity index (χ0v) is 11.7. The summed E-state index contributed by atoms with van der Waals surface area (Å²) in [5, 5.41) is 3.36. The van der Waals surface area contributed by atoms with Gasteiger partial charge in [-0.25, -0.2) is 9.97 Å². The molecule has 0 amide bonds. The molecule has 0 unspecified atom stereocenters. The van der Waals surface area contributed by atoms with Crippen LogP contribution < -0.4 is 10.2 Å². The van der Waals surface area contributed by atoms with E-state index in [4.69, 9.17) is 0 Å². The van der Waals surface area contributed by atoms with Crippen molar-refractivity contribution in [1.82, 2.24) is 20.3 Å². The van der Waals surface area contributed by atoms with Crippen molar-refractivity contribution in [2.45, 2.75) is 0 Å². The van der Waals surface area contributed by atoms with Crippen molar-refractivity contribution >= 4 is 16.9 Å². The Morgan fingerprint density at radius 3 is 2.62 bits per heavy atom. The van der Waals surface area contributed by atoms with E-state index >= 15 is 0 Å². The second-order valence-electron chi connectivity index (χ2n) is 5.28. The van der Waals surface area contributed by atoms with Gasteiger partial charge in [0.15, 0.2) is 0 Å². The molecule has 4 rings (SSSR count). The number of piperazine rings is 1. The van der Waals surface area contributed by atoms with E-state index in [1.165, 1.54) is 0 Å². The third kappa shape index (κ3) is 2.36. The summed E-state index contributed by atoms with van der Waals surface area (Å²) < 4.78 is 0. The first-order chi connectivity index (χ1) is 10.4. The van der Waals surface area contributed by atoms with Crippen LogP contribution in [-0.4, -0.2) is 41.1 Å². The fourth-order valence-corrected chi connectivity index (χ4v) is 2.75. The predicted molar refractivity (Wildman–Crippen MR) is 84.4 cm³/mol. The summed E-state index contributed by atoms with van der Waals surface area (Å²) in [4.78, 5) is 14.3. The monoisotopic (exact) mass is 279 g/mol. The molecule has 0 aliphatic carbocycles. The van der Waals surface area contributed by atoms with Crippen LogP contribution in [-0.2, 0) is 0 Å². The summed E-state index contributed by atoms with van der Waals surface area (Å²) in [5.74, 6) is 1.06. The van der Waals surface area contributed by atoms with Crippen molar-refractivity contribution in [2.75, 3.05) is 31.1 Å². The van der Waals surface area contributed by atoms with Gasteiger partial charge in [-0.3, -0.25) is 0 Å². The summed E-state index contributed by atoms with van der Waals surface area (Å²) in [6, 6.07) is 10.5. The lowest BCUT2D eigenvalue weighted by molar-refractivity contribution is 0.585. The highest BCUT2D eigenvalue weighted by Gasteiger charge is 2.11. The van der Waals surface area contributed by atoms with Crippen LogP contribution >= 0.6 is 0 Å². The number of nitrogens with zero attached hydrogens (tertiary/aromatic N) is 3. The lowest BCUT2D eigenvalue weighted by atomic mass is 10.1. The Bertz CT molecular complexity index is 741. The van der Waals surface area contributed by atoms with Gasteiger partial charge in [0.1, 0.15) is 5.82 Å². The van der Waals surface area contributed by atoms with Gasteiger partial charge in [0, 0.05) is 37.9 Å². The Balaban J connectivity index is 1.62. The number of aromatic nitrogens is 3. The van der Waals surface area contributed by atoms with Gasteiger partial charge in [-0.15, -0.1) is 0 Å². The minimum Gasteiger partial charge on any atom is -0.354 e. The predicted octanol–water partition coefficient (Wildman–Crippen LogP) is 2.03. The summed E-state index contributed by atoms with van der Waals surface area (Å²) in [6.07, 6.45) is 3.68. The van der Waals surface area contributed by atoms with E-state index in [1.807, 2.05) is 12.3 Å². The average Bonchev–Trinajstić information content (AvgIpc) is 3.03. The van der Waals surface area contributed by atoms with Crippen LogP contribution in [0, 0.1) is 0 Å². The highest BCUT2D eigenvalue weighted by Crippen LogP contribution is 2.24. The van der Waals surface area contributed by atoms with E-state index in [2.05, 4.69) is 49.4 Å². The van der Waals surface area contributed by atoms with Gasteiger partial charge in [0.05, 0.1) is 17.4 Å². The van der Waals surface area contributed by atoms with Crippen LogP contribution in [0.4, 0.5) is 5.82 Å². The van der Waals surface area contributed by atoms with Gasteiger partial charge in [-0.05, 0) is 29.8 Å². The minimum absolute atomic E-state index is 0.990. The molecule has 0 radical (unpaired) electrons. The normalized spacial score (nSPS) is 15.5.